The fraction of sp³-hybridized carbons (Fsp3) is 0.222. The Morgan fingerprint density at radius 2 is 1.86 bits per heavy atom. The quantitative estimate of drug-likeness (QED) is 0.742. The molecule has 1 N–H and O–H groups in total. The highest BCUT2D eigenvalue weighted by Crippen LogP contribution is 2.36. The molecule has 0 fully saturated rings. The lowest BCUT2D eigenvalue weighted by Gasteiger charge is -2.19. The maximum Gasteiger partial charge on any atom is 0.124 e. The molecule has 1 heterocycles. The third kappa shape index (κ3) is 2.80. The van der Waals surface area contributed by atoms with Crippen LogP contribution in [0, 0.1) is 0 Å². The number of hydrogen-bond donors (Lipinski definition) is 1. The molecule has 0 amide bonds. The van der Waals surface area contributed by atoms with Crippen molar-refractivity contribution in [2.45, 2.75) is 13.0 Å². The minimum Gasteiger partial charge on any atom is -0.496 e. The lowest BCUT2D eigenvalue weighted by atomic mass is 10.0. The van der Waals surface area contributed by atoms with Gasteiger partial charge in [-0.15, -0.1) is 11.3 Å². The van der Waals surface area contributed by atoms with Crippen LogP contribution < -0.4 is 10.1 Å². The van der Waals surface area contributed by atoms with E-state index < -0.39 is 0 Å². The fourth-order valence-corrected chi connectivity index (χ4v) is 3.78. The SMILES string of the molecule is CCNC(c1cc2ccccc2s1)c1ccccc1OC. The molecule has 0 saturated heterocycles. The first-order valence-electron chi connectivity index (χ1n) is 7.18. The number of rotatable bonds is 5. The van der Waals surface area contributed by atoms with Gasteiger partial charge < -0.3 is 10.1 Å². The minimum absolute atomic E-state index is 0.170. The van der Waals surface area contributed by atoms with Crippen LogP contribution >= 0.6 is 11.3 Å². The third-order valence-corrected chi connectivity index (χ3v) is 4.77. The molecule has 0 saturated carbocycles. The van der Waals surface area contributed by atoms with Crippen molar-refractivity contribution >= 4 is 21.4 Å². The molecule has 2 aromatic carbocycles. The molecule has 0 spiro atoms. The maximum absolute atomic E-state index is 5.53. The van der Waals surface area contributed by atoms with E-state index in [-0.39, 0.29) is 6.04 Å². The standard InChI is InChI=1S/C18H19NOS/c1-3-19-18(14-9-5-6-10-15(14)20-2)17-12-13-8-4-7-11-16(13)21-17/h4-12,18-19H,3H2,1-2H3. The number of thiophene rings is 1. The second kappa shape index (κ2) is 6.29. The van der Waals surface area contributed by atoms with Crippen molar-refractivity contribution in [3.05, 3.63) is 65.0 Å². The number of nitrogens with one attached hydrogen (secondary N) is 1. The van der Waals surface area contributed by atoms with Crippen LogP contribution in [-0.4, -0.2) is 13.7 Å². The lowest BCUT2D eigenvalue weighted by Crippen LogP contribution is -2.21. The average molecular weight is 297 g/mol. The predicted molar refractivity (Wildman–Crippen MR) is 90.3 cm³/mol. The van der Waals surface area contributed by atoms with E-state index in [4.69, 9.17) is 4.74 Å². The van der Waals surface area contributed by atoms with E-state index in [1.54, 1.807) is 7.11 Å². The summed E-state index contributed by atoms with van der Waals surface area (Å²) in [6.07, 6.45) is 0. The molecule has 0 radical (unpaired) electrons. The molecule has 108 valence electrons. The first kappa shape index (κ1) is 14.1. The summed E-state index contributed by atoms with van der Waals surface area (Å²) in [6, 6.07) is 19.2. The Morgan fingerprint density at radius 3 is 2.62 bits per heavy atom. The summed E-state index contributed by atoms with van der Waals surface area (Å²) in [4.78, 5) is 1.32. The van der Waals surface area contributed by atoms with Gasteiger partial charge in [0.2, 0.25) is 0 Å². The summed E-state index contributed by atoms with van der Waals surface area (Å²) >= 11 is 1.84. The van der Waals surface area contributed by atoms with Crippen molar-refractivity contribution < 1.29 is 4.74 Å². The van der Waals surface area contributed by atoms with Gasteiger partial charge in [0.1, 0.15) is 5.75 Å². The van der Waals surface area contributed by atoms with Crippen LogP contribution in [0.4, 0.5) is 0 Å². The van der Waals surface area contributed by atoms with Gasteiger partial charge in [0.25, 0.3) is 0 Å². The van der Waals surface area contributed by atoms with Crippen molar-refractivity contribution in [1.29, 1.82) is 0 Å². The monoisotopic (exact) mass is 297 g/mol. The molecule has 1 unspecified atom stereocenters. The third-order valence-electron chi connectivity index (χ3n) is 3.59. The molecular formula is C18H19NOS. The predicted octanol–water partition coefficient (Wildman–Crippen LogP) is 4.61. The van der Waals surface area contributed by atoms with Gasteiger partial charge in [-0.05, 0) is 30.1 Å². The number of para-hydroxylation sites is 1. The Hall–Kier alpha value is -1.84. The first-order valence-corrected chi connectivity index (χ1v) is 8.00. The Morgan fingerprint density at radius 1 is 1.10 bits per heavy atom. The molecule has 0 aliphatic carbocycles. The Balaban J connectivity index is 2.08. The van der Waals surface area contributed by atoms with E-state index >= 15 is 0 Å². The van der Waals surface area contributed by atoms with E-state index in [9.17, 15) is 0 Å². The van der Waals surface area contributed by atoms with Crippen LogP contribution in [0.25, 0.3) is 10.1 Å². The smallest absolute Gasteiger partial charge is 0.124 e. The van der Waals surface area contributed by atoms with Crippen molar-refractivity contribution in [2.75, 3.05) is 13.7 Å². The van der Waals surface area contributed by atoms with Gasteiger partial charge in [0.05, 0.1) is 13.2 Å². The summed E-state index contributed by atoms with van der Waals surface area (Å²) < 4.78 is 6.86. The molecule has 0 bridgehead atoms. The highest BCUT2D eigenvalue weighted by atomic mass is 32.1. The average Bonchev–Trinajstić information content (AvgIpc) is 2.96. The van der Waals surface area contributed by atoms with E-state index in [2.05, 4.69) is 54.7 Å². The van der Waals surface area contributed by atoms with Crippen LogP contribution in [0.3, 0.4) is 0 Å². The highest BCUT2D eigenvalue weighted by molar-refractivity contribution is 7.19. The Bertz CT molecular complexity index is 702. The molecule has 21 heavy (non-hydrogen) atoms. The van der Waals surface area contributed by atoms with Gasteiger partial charge in [-0.1, -0.05) is 43.3 Å². The van der Waals surface area contributed by atoms with Crippen LogP contribution in [-0.2, 0) is 0 Å². The van der Waals surface area contributed by atoms with E-state index in [0.29, 0.717) is 0 Å². The second-order valence-corrected chi connectivity index (χ2v) is 6.03. The van der Waals surface area contributed by atoms with Gasteiger partial charge in [-0.3, -0.25) is 0 Å². The van der Waals surface area contributed by atoms with E-state index in [1.165, 1.54) is 20.5 Å². The molecule has 1 aromatic heterocycles. The minimum atomic E-state index is 0.170. The highest BCUT2D eigenvalue weighted by Gasteiger charge is 2.19. The number of benzene rings is 2. The van der Waals surface area contributed by atoms with Gasteiger partial charge in [-0.2, -0.15) is 0 Å². The maximum atomic E-state index is 5.53. The van der Waals surface area contributed by atoms with Crippen molar-refractivity contribution in [3.63, 3.8) is 0 Å². The molecule has 3 heteroatoms. The normalized spacial score (nSPS) is 12.5. The number of methoxy groups -OCH3 is 1. The molecular weight excluding hydrogens is 278 g/mol. The Kier molecular flexibility index (Phi) is 4.23. The molecule has 3 rings (SSSR count). The zero-order chi connectivity index (χ0) is 14.7. The fourth-order valence-electron chi connectivity index (χ4n) is 2.62. The molecule has 0 aliphatic heterocycles. The van der Waals surface area contributed by atoms with Crippen LogP contribution in [0.1, 0.15) is 23.4 Å². The zero-order valence-electron chi connectivity index (χ0n) is 12.3. The summed E-state index contributed by atoms with van der Waals surface area (Å²) in [5, 5.41) is 4.88. The number of ether oxygens (including phenoxy) is 1. The molecule has 3 aromatic rings. The topological polar surface area (TPSA) is 21.3 Å². The van der Waals surface area contributed by atoms with Gasteiger partial charge >= 0.3 is 0 Å². The number of fused-ring (bicyclic) bond motifs is 1. The largest absolute Gasteiger partial charge is 0.496 e. The summed E-state index contributed by atoms with van der Waals surface area (Å²) in [5.74, 6) is 0.931. The first-order chi connectivity index (χ1) is 10.3. The van der Waals surface area contributed by atoms with Crippen molar-refractivity contribution in [3.8, 4) is 5.75 Å². The zero-order valence-corrected chi connectivity index (χ0v) is 13.1. The second-order valence-electron chi connectivity index (χ2n) is 4.92. The molecule has 1 atom stereocenters. The van der Waals surface area contributed by atoms with Gasteiger partial charge in [0, 0.05) is 15.1 Å². The van der Waals surface area contributed by atoms with E-state index in [1.807, 2.05) is 23.5 Å². The lowest BCUT2D eigenvalue weighted by molar-refractivity contribution is 0.404. The van der Waals surface area contributed by atoms with Crippen LogP contribution in [0.15, 0.2) is 54.6 Å². The molecule has 2 nitrogen and oxygen atoms in total. The summed E-state index contributed by atoms with van der Waals surface area (Å²) in [6.45, 7) is 3.05. The van der Waals surface area contributed by atoms with Gasteiger partial charge in [0.15, 0.2) is 0 Å². The van der Waals surface area contributed by atoms with Gasteiger partial charge in [-0.25, -0.2) is 0 Å². The van der Waals surface area contributed by atoms with Crippen LogP contribution in [0.5, 0.6) is 5.75 Å². The summed E-state index contributed by atoms with van der Waals surface area (Å²) in [7, 11) is 1.73. The van der Waals surface area contributed by atoms with Crippen molar-refractivity contribution in [2.24, 2.45) is 0 Å². The van der Waals surface area contributed by atoms with E-state index in [0.717, 1.165) is 12.3 Å². The number of hydrogen-bond acceptors (Lipinski definition) is 3. The summed E-state index contributed by atoms with van der Waals surface area (Å²) in [5.41, 5.74) is 1.19. The van der Waals surface area contributed by atoms with Crippen molar-refractivity contribution in [1.82, 2.24) is 5.32 Å². The molecule has 0 aliphatic rings. The van der Waals surface area contributed by atoms with Crippen LogP contribution in [0.2, 0.25) is 0 Å². The Labute approximate surface area is 129 Å².